The van der Waals surface area contributed by atoms with E-state index >= 15 is 0 Å². The molecule has 10 aromatic rings. The van der Waals surface area contributed by atoms with Crippen LogP contribution in [0.4, 0.5) is 0 Å². The number of ether oxygens (including phenoxy) is 2. The van der Waals surface area contributed by atoms with Crippen LogP contribution in [0.5, 0.6) is 23.0 Å². The van der Waals surface area contributed by atoms with E-state index in [9.17, 15) is 0 Å². The van der Waals surface area contributed by atoms with E-state index in [1.54, 1.807) is 18.5 Å². The lowest BCUT2D eigenvalue weighted by atomic mass is 9.88. The van der Waals surface area contributed by atoms with Crippen LogP contribution >= 0.6 is 0 Å². The number of hydrogen-bond acceptors (Lipinski definition) is 6. The van der Waals surface area contributed by atoms with Gasteiger partial charge in [-0.25, -0.2) is 19.9 Å². The zero-order valence-corrected chi connectivity index (χ0v) is 32.0. The van der Waals surface area contributed by atoms with Gasteiger partial charge in [0, 0.05) is 70.1 Å². The zero-order chi connectivity index (χ0) is 38.7. The lowest BCUT2D eigenvalue weighted by molar-refractivity contribution is 0.461. The molecule has 0 spiro atoms. The van der Waals surface area contributed by atoms with Crippen molar-refractivity contribution in [2.45, 2.75) is 33.1 Å². The summed E-state index contributed by atoms with van der Waals surface area (Å²) >= 11 is 0. The van der Waals surface area contributed by atoms with Crippen LogP contribution in [-0.2, 0) is 5.41 Å². The van der Waals surface area contributed by atoms with Crippen molar-refractivity contribution in [3.05, 3.63) is 169 Å². The van der Waals surface area contributed by atoms with Gasteiger partial charge in [-0.3, -0.25) is 9.13 Å². The zero-order valence-electron chi connectivity index (χ0n) is 32.0. The van der Waals surface area contributed by atoms with Crippen LogP contribution in [0.2, 0.25) is 0 Å². The van der Waals surface area contributed by atoms with Crippen LogP contribution < -0.4 is 9.47 Å². The van der Waals surface area contributed by atoms with Crippen molar-refractivity contribution in [2.24, 2.45) is 0 Å². The van der Waals surface area contributed by atoms with Crippen molar-refractivity contribution >= 4 is 43.6 Å². The highest BCUT2D eigenvalue weighted by atomic mass is 16.5. The summed E-state index contributed by atoms with van der Waals surface area (Å²) in [5.41, 5.74) is 7.24. The Balaban J connectivity index is 1.07. The third kappa shape index (κ3) is 6.21. The van der Waals surface area contributed by atoms with Crippen LogP contribution in [0.25, 0.3) is 66.6 Å². The van der Waals surface area contributed by atoms with E-state index in [4.69, 9.17) is 19.4 Å². The number of benzene rings is 5. The summed E-state index contributed by atoms with van der Waals surface area (Å²) in [4.78, 5) is 18.7. The van der Waals surface area contributed by atoms with Gasteiger partial charge >= 0.3 is 0 Å². The summed E-state index contributed by atoms with van der Waals surface area (Å²) in [6, 6.07) is 45.2. The molecule has 0 saturated carbocycles. The Morgan fingerprint density at radius 1 is 0.439 bits per heavy atom. The Morgan fingerprint density at radius 3 is 1.53 bits per heavy atom. The molecule has 0 atom stereocenters. The maximum absolute atomic E-state index is 6.71. The first kappa shape index (κ1) is 34.2. The Labute approximate surface area is 329 Å². The predicted octanol–water partition coefficient (Wildman–Crippen LogP) is 12.3. The molecule has 8 heteroatoms. The van der Waals surface area contributed by atoms with Gasteiger partial charge in [-0.05, 0) is 102 Å². The summed E-state index contributed by atoms with van der Waals surface area (Å²) in [6.07, 6.45) is 7.21. The number of para-hydroxylation sites is 2. The van der Waals surface area contributed by atoms with Crippen LogP contribution in [-0.4, -0.2) is 29.1 Å². The maximum atomic E-state index is 6.71. The van der Waals surface area contributed by atoms with E-state index < -0.39 is 0 Å². The molecule has 0 aliphatic heterocycles. The van der Waals surface area contributed by atoms with Crippen molar-refractivity contribution in [1.29, 1.82) is 0 Å². The van der Waals surface area contributed by atoms with Gasteiger partial charge in [0.05, 0.1) is 22.1 Å². The molecule has 0 aliphatic carbocycles. The molecule has 0 saturated heterocycles. The fourth-order valence-corrected chi connectivity index (χ4v) is 7.71. The summed E-state index contributed by atoms with van der Waals surface area (Å²) in [5.74, 6) is 4.80. The van der Waals surface area contributed by atoms with Crippen molar-refractivity contribution in [3.63, 3.8) is 0 Å². The lowest BCUT2D eigenvalue weighted by Gasteiger charge is -2.20. The molecular weight excluding hydrogens is 705 g/mol. The van der Waals surface area contributed by atoms with Crippen molar-refractivity contribution < 1.29 is 9.47 Å². The van der Waals surface area contributed by atoms with Crippen LogP contribution in [0.1, 0.15) is 31.9 Å². The molecule has 5 aromatic heterocycles. The Hall–Kier alpha value is -7.32. The molecule has 10 rings (SSSR count). The van der Waals surface area contributed by atoms with E-state index in [-0.39, 0.29) is 5.41 Å². The first-order chi connectivity index (χ1) is 27.8. The van der Waals surface area contributed by atoms with Crippen LogP contribution in [0, 0.1) is 6.92 Å². The van der Waals surface area contributed by atoms with Gasteiger partial charge in [0.1, 0.15) is 34.6 Å². The number of rotatable bonds is 7. The first-order valence-corrected chi connectivity index (χ1v) is 19.0. The van der Waals surface area contributed by atoms with E-state index in [0.717, 1.165) is 66.4 Å². The van der Waals surface area contributed by atoms with Gasteiger partial charge in [-0.1, -0.05) is 57.2 Å². The minimum Gasteiger partial charge on any atom is -0.457 e. The van der Waals surface area contributed by atoms with Gasteiger partial charge in [-0.15, -0.1) is 0 Å². The predicted molar refractivity (Wildman–Crippen MR) is 228 cm³/mol. The Bertz CT molecular complexity index is 3140. The molecule has 57 heavy (non-hydrogen) atoms. The van der Waals surface area contributed by atoms with Gasteiger partial charge in [-0.2, -0.15) is 0 Å². The number of pyridine rings is 2. The monoisotopic (exact) mass is 742 g/mol. The molecule has 5 aromatic carbocycles. The van der Waals surface area contributed by atoms with Gasteiger partial charge < -0.3 is 9.47 Å². The lowest BCUT2D eigenvalue weighted by Crippen LogP contribution is -2.12. The highest BCUT2D eigenvalue weighted by Gasteiger charge is 2.19. The number of nitrogens with zero attached hydrogens (tertiary/aromatic N) is 6. The molecule has 0 aliphatic rings. The molecule has 0 unspecified atom stereocenters. The van der Waals surface area contributed by atoms with Crippen molar-refractivity contribution in [1.82, 2.24) is 29.1 Å². The first-order valence-electron chi connectivity index (χ1n) is 19.0. The molecule has 0 radical (unpaired) electrons. The number of aromatic nitrogens is 6. The molecule has 276 valence electrons. The largest absolute Gasteiger partial charge is 0.457 e. The highest BCUT2D eigenvalue weighted by molar-refractivity contribution is 6.10. The maximum Gasteiger partial charge on any atom is 0.159 e. The van der Waals surface area contributed by atoms with Crippen LogP contribution in [0.15, 0.2) is 158 Å². The van der Waals surface area contributed by atoms with Crippen molar-refractivity contribution in [3.8, 4) is 46.0 Å². The second-order valence-electron chi connectivity index (χ2n) is 15.4. The van der Waals surface area contributed by atoms with E-state index in [1.165, 1.54) is 5.56 Å². The second-order valence-corrected chi connectivity index (χ2v) is 15.4. The molecule has 0 bridgehead atoms. The third-order valence-corrected chi connectivity index (χ3v) is 10.4. The number of hydrogen-bond donors (Lipinski definition) is 0. The third-order valence-electron chi connectivity index (χ3n) is 10.4. The second kappa shape index (κ2) is 13.5. The summed E-state index contributed by atoms with van der Waals surface area (Å²) in [7, 11) is 0. The van der Waals surface area contributed by atoms with Crippen LogP contribution in [0.3, 0.4) is 0 Å². The average molecular weight is 743 g/mol. The molecule has 0 N–H and O–H groups in total. The fraction of sp³-hybridized carbons (Fsp3) is 0.102. The summed E-state index contributed by atoms with van der Waals surface area (Å²) < 4.78 is 17.8. The van der Waals surface area contributed by atoms with Crippen molar-refractivity contribution in [2.75, 3.05) is 0 Å². The van der Waals surface area contributed by atoms with E-state index in [1.807, 2.05) is 48.8 Å². The molecule has 0 fully saturated rings. The molecule has 5 heterocycles. The minimum atomic E-state index is -0.0274. The Kier molecular flexibility index (Phi) is 8.07. The number of fused-ring (bicyclic) bond motifs is 6. The normalized spacial score (nSPS) is 11.9. The molecular formula is C49H38N6O2. The highest BCUT2D eigenvalue weighted by Crippen LogP contribution is 2.39. The summed E-state index contributed by atoms with van der Waals surface area (Å²) in [5, 5.41) is 4.53. The van der Waals surface area contributed by atoms with Gasteiger partial charge in [0.25, 0.3) is 0 Å². The fourth-order valence-electron chi connectivity index (χ4n) is 7.71. The van der Waals surface area contributed by atoms with Gasteiger partial charge in [0.2, 0.25) is 0 Å². The smallest absolute Gasteiger partial charge is 0.159 e. The topological polar surface area (TPSA) is 79.9 Å². The summed E-state index contributed by atoms with van der Waals surface area (Å²) in [6.45, 7) is 8.74. The average Bonchev–Trinajstić information content (AvgIpc) is 3.73. The van der Waals surface area contributed by atoms with E-state index in [2.05, 4.69) is 138 Å². The van der Waals surface area contributed by atoms with E-state index in [0.29, 0.717) is 28.8 Å². The molecule has 0 amide bonds. The molecule has 8 nitrogen and oxygen atoms in total. The van der Waals surface area contributed by atoms with Gasteiger partial charge in [0.15, 0.2) is 5.82 Å². The Morgan fingerprint density at radius 2 is 0.965 bits per heavy atom. The quantitative estimate of drug-likeness (QED) is 0.162. The minimum absolute atomic E-state index is 0.0274. The standard InChI is InChI=1S/C49H38N6O2/c1-31-18-22-50-46(24-31)54-42-12-7-5-10-38(42)40-16-14-34(29-44(40)54)56-36-25-32(48-52-20-9-21-53-48)26-37(28-36)57-35-15-17-41-39-11-6-8-13-43(39)55(45(41)30-35)47-27-33(19-23-51-47)49(2,3)4/h5-30H,1-4H3. The number of aryl methyl sites for hydroxylation is 1. The SMILES string of the molecule is Cc1ccnc(-n2c3ccccc3c3ccc(Oc4cc(Oc5ccc6c7ccccc7n(-c7cc(C(C)(C)C)ccn7)c6c5)cc(-c5ncccn5)c4)cc32)c1.